The smallest absolute Gasteiger partial charge is 0.315 e. The summed E-state index contributed by atoms with van der Waals surface area (Å²) in [4.78, 5) is 12.0. The molecule has 1 unspecified atom stereocenters. The zero-order valence-electron chi connectivity index (χ0n) is 12.8. The van der Waals surface area contributed by atoms with Crippen LogP contribution in [0.4, 0.5) is 4.79 Å². The lowest BCUT2D eigenvalue weighted by Crippen LogP contribution is -2.45. The summed E-state index contributed by atoms with van der Waals surface area (Å²) in [6.45, 7) is 0.697. The minimum absolute atomic E-state index is 0.00122. The van der Waals surface area contributed by atoms with E-state index in [9.17, 15) is 4.79 Å². The van der Waals surface area contributed by atoms with Gasteiger partial charge in [-0.15, -0.1) is 0 Å². The lowest BCUT2D eigenvalue weighted by Gasteiger charge is -2.20. The predicted molar refractivity (Wildman–Crippen MR) is 92.8 cm³/mol. The maximum Gasteiger partial charge on any atom is 0.315 e. The molecule has 2 amide bonds. The van der Waals surface area contributed by atoms with Crippen LogP contribution in [0.3, 0.4) is 0 Å². The molecule has 22 heavy (non-hydrogen) atoms. The first-order valence-corrected chi connectivity index (χ1v) is 9.27. The molecule has 0 heterocycles. The molecule has 3 N–H and O–H groups in total. The van der Waals surface area contributed by atoms with E-state index in [1.165, 1.54) is 5.56 Å². The second kappa shape index (κ2) is 8.09. The summed E-state index contributed by atoms with van der Waals surface area (Å²) < 4.78 is 0. The minimum Gasteiger partial charge on any atom is -0.396 e. The van der Waals surface area contributed by atoms with Crippen LogP contribution in [0.25, 0.3) is 0 Å². The number of urea groups is 1. The largest absolute Gasteiger partial charge is 0.396 e. The Labute approximate surface area is 141 Å². The van der Waals surface area contributed by atoms with Gasteiger partial charge in [-0.3, -0.25) is 0 Å². The zero-order chi connectivity index (χ0) is 16.0. The highest BCUT2D eigenvalue weighted by atomic mass is 35.5. The molecule has 1 saturated carbocycles. The van der Waals surface area contributed by atoms with Crippen molar-refractivity contribution < 1.29 is 9.90 Å². The molecule has 6 heteroatoms. The Morgan fingerprint density at radius 2 is 2.27 bits per heavy atom. The standard InChI is InChI=1S/C16H23ClN2O2S/c1-22-10-14(5-8-20)19-15(21)18-11-16(6-7-16)12-3-2-4-13(17)9-12/h2-4,9,14,20H,5-8,10-11H2,1H3,(H2,18,19,21). The molecule has 0 saturated heterocycles. The number of carbonyl (C=O) groups excluding carboxylic acids is 1. The zero-order valence-corrected chi connectivity index (χ0v) is 14.3. The summed E-state index contributed by atoms with van der Waals surface area (Å²) in [5.74, 6) is 0.799. The molecule has 0 spiro atoms. The van der Waals surface area contributed by atoms with Crippen molar-refractivity contribution in [2.75, 3.05) is 25.2 Å². The number of aliphatic hydroxyl groups is 1. The van der Waals surface area contributed by atoms with E-state index in [0.29, 0.717) is 13.0 Å². The molecule has 122 valence electrons. The number of benzene rings is 1. The molecule has 0 radical (unpaired) electrons. The monoisotopic (exact) mass is 342 g/mol. The highest BCUT2D eigenvalue weighted by molar-refractivity contribution is 7.98. The van der Waals surface area contributed by atoms with Crippen molar-refractivity contribution in [3.05, 3.63) is 34.9 Å². The van der Waals surface area contributed by atoms with Crippen LogP contribution in [0, 0.1) is 0 Å². The average molecular weight is 343 g/mol. The van der Waals surface area contributed by atoms with Crippen molar-refractivity contribution in [1.29, 1.82) is 0 Å². The molecule has 1 fully saturated rings. The van der Waals surface area contributed by atoms with Crippen molar-refractivity contribution in [1.82, 2.24) is 10.6 Å². The van der Waals surface area contributed by atoms with Crippen LogP contribution in [0.1, 0.15) is 24.8 Å². The van der Waals surface area contributed by atoms with Gasteiger partial charge in [0, 0.05) is 35.4 Å². The predicted octanol–water partition coefficient (Wildman–Crippen LogP) is 2.78. The number of halogens is 1. The van der Waals surface area contributed by atoms with E-state index in [1.807, 2.05) is 24.5 Å². The third-order valence-electron chi connectivity index (χ3n) is 4.06. The molecule has 0 aliphatic heterocycles. The topological polar surface area (TPSA) is 61.4 Å². The Hall–Kier alpha value is -0.910. The molecule has 1 aromatic carbocycles. The fourth-order valence-corrected chi connectivity index (χ4v) is 3.42. The molecular formula is C16H23ClN2O2S. The van der Waals surface area contributed by atoms with Crippen LogP contribution in [0.2, 0.25) is 5.02 Å². The number of carbonyl (C=O) groups is 1. The average Bonchev–Trinajstić information content (AvgIpc) is 3.27. The molecular weight excluding hydrogens is 320 g/mol. The Bertz CT molecular complexity index is 503. The summed E-state index contributed by atoms with van der Waals surface area (Å²) in [5.41, 5.74) is 1.23. The lowest BCUT2D eigenvalue weighted by molar-refractivity contribution is 0.230. The van der Waals surface area contributed by atoms with Crippen LogP contribution in [0.15, 0.2) is 24.3 Å². The first kappa shape index (κ1) is 17.4. The fraction of sp³-hybridized carbons (Fsp3) is 0.562. The third kappa shape index (κ3) is 4.80. The van der Waals surface area contributed by atoms with Gasteiger partial charge in [-0.25, -0.2) is 4.79 Å². The van der Waals surface area contributed by atoms with Gasteiger partial charge in [0.05, 0.1) is 0 Å². The quantitative estimate of drug-likeness (QED) is 0.680. The Morgan fingerprint density at radius 1 is 1.50 bits per heavy atom. The van der Waals surface area contributed by atoms with Crippen LogP contribution in [-0.4, -0.2) is 42.3 Å². The number of nitrogens with one attached hydrogen (secondary N) is 2. The van der Waals surface area contributed by atoms with Gasteiger partial charge in [-0.05, 0) is 43.2 Å². The molecule has 0 aromatic heterocycles. The number of amides is 2. The number of rotatable bonds is 8. The molecule has 2 rings (SSSR count). The van der Waals surface area contributed by atoms with E-state index in [4.69, 9.17) is 16.7 Å². The minimum atomic E-state index is -0.166. The van der Waals surface area contributed by atoms with Crippen LogP contribution in [-0.2, 0) is 5.41 Å². The molecule has 1 atom stereocenters. The van der Waals surface area contributed by atoms with E-state index >= 15 is 0 Å². The first-order chi connectivity index (χ1) is 10.6. The number of thioether (sulfide) groups is 1. The summed E-state index contributed by atoms with van der Waals surface area (Å²) in [7, 11) is 0. The maximum atomic E-state index is 12.0. The van der Waals surface area contributed by atoms with E-state index in [-0.39, 0.29) is 24.1 Å². The summed E-state index contributed by atoms with van der Waals surface area (Å²) in [6.07, 6.45) is 4.70. The summed E-state index contributed by atoms with van der Waals surface area (Å²) >= 11 is 7.71. The van der Waals surface area contributed by atoms with E-state index in [0.717, 1.165) is 23.6 Å². The van der Waals surface area contributed by atoms with Crippen LogP contribution < -0.4 is 10.6 Å². The van der Waals surface area contributed by atoms with Crippen molar-refractivity contribution in [2.24, 2.45) is 0 Å². The summed E-state index contributed by atoms with van der Waals surface area (Å²) in [5, 5.41) is 15.7. The Balaban J connectivity index is 1.85. The van der Waals surface area contributed by atoms with Gasteiger partial charge in [0.1, 0.15) is 0 Å². The van der Waals surface area contributed by atoms with Crippen molar-refractivity contribution >= 4 is 29.4 Å². The lowest BCUT2D eigenvalue weighted by atomic mass is 9.96. The second-order valence-corrected chi connectivity index (χ2v) is 7.13. The molecule has 1 aliphatic carbocycles. The van der Waals surface area contributed by atoms with Gasteiger partial charge >= 0.3 is 6.03 Å². The van der Waals surface area contributed by atoms with Gasteiger partial charge in [0.25, 0.3) is 0 Å². The molecule has 4 nitrogen and oxygen atoms in total. The van der Waals surface area contributed by atoms with Gasteiger partial charge in [0.15, 0.2) is 0 Å². The van der Waals surface area contributed by atoms with Gasteiger partial charge < -0.3 is 15.7 Å². The van der Waals surface area contributed by atoms with Gasteiger partial charge in [-0.2, -0.15) is 11.8 Å². The Kier molecular flexibility index (Phi) is 6.41. The van der Waals surface area contributed by atoms with E-state index < -0.39 is 0 Å². The van der Waals surface area contributed by atoms with E-state index in [1.54, 1.807) is 11.8 Å². The molecule has 1 aliphatic rings. The normalized spacial score (nSPS) is 16.9. The SMILES string of the molecule is CSCC(CCO)NC(=O)NCC1(c2cccc(Cl)c2)CC1. The van der Waals surface area contributed by atoms with Crippen molar-refractivity contribution in [2.45, 2.75) is 30.7 Å². The second-order valence-electron chi connectivity index (χ2n) is 5.78. The van der Waals surface area contributed by atoms with Crippen molar-refractivity contribution in [3.63, 3.8) is 0 Å². The highest BCUT2D eigenvalue weighted by Crippen LogP contribution is 2.48. The number of hydrogen-bond acceptors (Lipinski definition) is 3. The fourth-order valence-electron chi connectivity index (χ4n) is 2.58. The van der Waals surface area contributed by atoms with Gasteiger partial charge in [0.2, 0.25) is 0 Å². The summed E-state index contributed by atoms with van der Waals surface area (Å²) in [6, 6.07) is 7.70. The number of aliphatic hydroxyl groups excluding tert-OH is 1. The number of hydrogen-bond donors (Lipinski definition) is 3. The van der Waals surface area contributed by atoms with Crippen LogP contribution in [0.5, 0.6) is 0 Å². The molecule has 0 bridgehead atoms. The van der Waals surface area contributed by atoms with Crippen LogP contribution >= 0.6 is 23.4 Å². The highest BCUT2D eigenvalue weighted by Gasteiger charge is 2.44. The van der Waals surface area contributed by atoms with E-state index in [2.05, 4.69) is 16.7 Å². The van der Waals surface area contributed by atoms with Gasteiger partial charge in [-0.1, -0.05) is 23.7 Å². The first-order valence-electron chi connectivity index (χ1n) is 7.50. The third-order valence-corrected chi connectivity index (χ3v) is 5.03. The molecule has 1 aromatic rings. The van der Waals surface area contributed by atoms with Crippen molar-refractivity contribution in [3.8, 4) is 0 Å². The maximum absolute atomic E-state index is 12.0. The Morgan fingerprint density at radius 3 is 2.86 bits per heavy atom.